The standard InChI is InChI=1S/C14H22BrNO/c1-5-8-14(2,3)16-10-11-9-12(15)6-7-13(11)17-4/h6-7,9,16H,5,8,10H2,1-4H3. The van der Waals surface area contributed by atoms with Crippen molar-refractivity contribution >= 4 is 15.9 Å². The van der Waals surface area contributed by atoms with Gasteiger partial charge in [-0.1, -0.05) is 29.3 Å². The monoisotopic (exact) mass is 299 g/mol. The van der Waals surface area contributed by atoms with Gasteiger partial charge in [0, 0.05) is 22.1 Å². The van der Waals surface area contributed by atoms with Crippen LogP contribution in [0.2, 0.25) is 0 Å². The van der Waals surface area contributed by atoms with Crippen LogP contribution in [0.4, 0.5) is 0 Å². The van der Waals surface area contributed by atoms with Gasteiger partial charge in [0.2, 0.25) is 0 Å². The Bertz CT molecular complexity index is 363. The van der Waals surface area contributed by atoms with Crippen molar-refractivity contribution < 1.29 is 4.74 Å². The molecular weight excluding hydrogens is 278 g/mol. The van der Waals surface area contributed by atoms with Crippen LogP contribution in [0.25, 0.3) is 0 Å². The first-order valence-electron chi connectivity index (χ1n) is 6.06. The van der Waals surface area contributed by atoms with E-state index in [9.17, 15) is 0 Å². The van der Waals surface area contributed by atoms with E-state index in [1.165, 1.54) is 18.4 Å². The third-order valence-corrected chi connectivity index (χ3v) is 3.37. The van der Waals surface area contributed by atoms with Crippen molar-refractivity contribution in [1.82, 2.24) is 5.32 Å². The van der Waals surface area contributed by atoms with Crippen molar-refractivity contribution in [2.24, 2.45) is 0 Å². The predicted octanol–water partition coefficient (Wildman–Crippen LogP) is 4.13. The second-order valence-electron chi connectivity index (χ2n) is 4.94. The van der Waals surface area contributed by atoms with Crippen LogP contribution in [0.15, 0.2) is 22.7 Å². The summed E-state index contributed by atoms with van der Waals surface area (Å²) in [6.07, 6.45) is 2.36. The zero-order chi connectivity index (χ0) is 12.9. The molecule has 0 saturated heterocycles. The van der Waals surface area contributed by atoms with E-state index in [0.29, 0.717) is 0 Å². The maximum Gasteiger partial charge on any atom is 0.123 e. The first-order valence-corrected chi connectivity index (χ1v) is 6.85. The molecular formula is C14H22BrNO. The summed E-state index contributed by atoms with van der Waals surface area (Å²) < 4.78 is 6.45. The van der Waals surface area contributed by atoms with E-state index in [2.05, 4.69) is 48.1 Å². The van der Waals surface area contributed by atoms with E-state index < -0.39 is 0 Å². The zero-order valence-corrected chi connectivity index (χ0v) is 12.7. The number of ether oxygens (including phenoxy) is 1. The maximum absolute atomic E-state index is 5.36. The van der Waals surface area contributed by atoms with Gasteiger partial charge < -0.3 is 10.1 Å². The molecule has 0 aromatic heterocycles. The molecule has 0 aliphatic rings. The molecule has 1 aromatic rings. The Balaban J connectivity index is 2.71. The van der Waals surface area contributed by atoms with Crippen molar-refractivity contribution in [3.8, 4) is 5.75 Å². The number of halogens is 1. The van der Waals surface area contributed by atoms with Gasteiger partial charge in [-0.25, -0.2) is 0 Å². The minimum absolute atomic E-state index is 0.169. The summed E-state index contributed by atoms with van der Waals surface area (Å²) in [6.45, 7) is 7.51. The van der Waals surface area contributed by atoms with Crippen LogP contribution in [0.1, 0.15) is 39.2 Å². The topological polar surface area (TPSA) is 21.3 Å². The largest absolute Gasteiger partial charge is 0.496 e. The predicted molar refractivity (Wildman–Crippen MR) is 76.5 cm³/mol. The van der Waals surface area contributed by atoms with Gasteiger partial charge in [-0.2, -0.15) is 0 Å². The normalized spacial score (nSPS) is 11.6. The van der Waals surface area contributed by atoms with E-state index in [1.807, 2.05) is 12.1 Å². The van der Waals surface area contributed by atoms with Crippen molar-refractivity contribution in [2.75, 3.05) is 7.11 Å². The van der Waals surface area contributed by atoms with Crippen LogP contribution in [0.5, 0.6) is 5.75 Å². The number of hydrogen-bond acceptors (Lipinski definition) is 2. The van der Waals surface area contributed by atoms with Crippen LogP contribution in [-0.4, -0.2) is 12.6 Å². The Labute approximate surface area is 113 Å². The van der Waals surface area contributed by atoms with Crippen LogP contribution in [-0.2, 0) is 6.54 Å². The third kappa shape index (κ3) is 4.68. The van der Waals surface area contributed by atoms with E-state index >= 15 is 0 Å². The van der Waals surface area contributed by atoms with E-state index in [4.69, 9.17) is 4.74 Å². The molecule has 0 unspecified atom stereocenters. The lowest BCUT2D eigenvalue weighted by molar-refractivity contribution is 0.350. The van der Waals surface area contributed by atoms with Gasteiger partial charge in [0.05, 0.1) is 7.11 Å². The Morgan fingerprint density at radius 1 is 1.35 bits per heavy atom. The molecule has 1 rings (SSSR count). The summed E-state index contributed by atoms with van der Waals surface area (Å²) >= 11 is 3.49. The summed E-state index contributed by atoms with van der Waals surface area (Å²) in [5.41, 5.74) is 1.35. The van der Waals surface area contributed by atoms with Gasteiger partial charge in [0.1, 0.15) is 5.75 Å². The summed E-state index contributed by atoms with van der Waals surface area (Å²) in [6, 6.07) is 6.10. The van der Waals surface area contributed by atoms with Gasteiger partial charge in [-0.3, -0.25) is 0 Å². The molecule has 1 aromatic carbocycles. The highest BCUT2D eigenvalue weighted by atomic mass is 79.9. The van der Waals surface area contributed by atoms with Crippen LogP contribution >= 0.6 is 15.9 Å². The average molecular weight is 300 g/mol. The third-order valence-electron chi connectivity index (χ3n) is 2.87. The van der Waals surface area contributed by atoms with Gasteiger partial charge in [0.25, 0.3) is 0 Å². The second-order valence-corrected chi connectivity index (χ2v) is 5.86. The van der Waals surface area contributed by atoms with Crippen molar-refractivity contribution in [1.29, 1.82) is 0 Å². The SMILES string of the molecule is CCCC(C)(C)NCc1cc(Br)ccc1OC. The quantitative estimate of drug-likeness (QED) is 0.853. The molecule has 0 aliphatic heterocycles. The molecule has 0 amide bonds. The molecule has 0 radical (unpaired) electrons. The highest BCUT2D eigenvalue weighted by molar-refractivity contribution is 9.10. The summed E-state index contributed by atoms with van der Waals surface area (Å²) in [4.78, 5) is 0. The Kier molecular flexibility index (Phi) is 5.47. The Hall–Kier alpha value is -0.540. The summed E-state index contributed by atoms with van der Waals surface area (Å²) in [7, 11) is 1.71. The molecule has 0 atom stereocenters. The summed E-state index contributed by atoms with van der Waals surface area (Å²) in [5.74, 6) is 0.938. The Morgan fingerprint density at radius 3 is 2.65 bits per heavy atom. The van der Waals surface area contributed by atoms with Crippen molar-refractivity contribution in [3.05, 3.63) is 28.2 Å². The molecule has 17 heavy (non-hydrogen) atoms. The first-order chi connectivity index (χ1) is 7.98. The Morgan fingerprint density at radius 2 is 2.06 bits per heavy atom. The minimum Gasteiger partial charge on any atom is -0.496 e. The first kappa shape index (κ1) is 14.5. The molecule has 1 N–H and O–H groups in total. The lowest BCUT2D eigenvalue weighted by Crippen LogP contribution is -2.38. The highest BCUT2D eigenvalue weighted by Crippen LogP contribution is 2.23. The molecule has 0 saturated carbocycles. The van der Waals surface area contributed by atoms with Gasteiger partial charge >= 0.3 is 0 Å². The molecule has 96 valence electrons. The van der Waals surface area contributed by atoms with Crippen LogP contribution in [0, 0.1) is 0 Å². The molecule has 0 fully saturated rings. The molecule has 0 bridgehead atoms. The van der Waals surface area contributed by atoms with Crippen LogP contribution in [0.3, 0.4) is 0 Å². The molecule has 3 heteroatoms. The lowest BCUT2D eigenvalue weighted by Gasteiger charge is -2.26. The number of benzene rings is 1. The average Bonchev–Trinajstić information content (AvgIpc) is 2.27. The zero-order valence-electron chi connectivity index (χ0n) is 11.1. The molecule has 0 heterocycles. The van der Waals surface area contributed by atoms with Gasteiger partial charge in [0.15, 0.2) is 0 Å². The highest BCUT2D eigenvalue weighted by Gasteiger charge is 2.16. The van der Waals surface area contributed by atoms with E-state index in [0.717, 1.165) is 16.8 Å². The smallest absolute Gasteiger partial charge is 0.123 e. The fourth-order valence-electron chi connectivity index (χ4n) is 1.93. The van der Waals surface area contributed by atoms with Crippen molar-refractivity contribution in [3.63, 3.8) is 0 Å². The number of rotatable bonds is 6. The van der Waals surface area contributed by atoms with Gasteiger partial charge in [-0.15, -0.1) is 0 Å². The fourth-order valence-corrected chi connectivity index (χ4v) is 2.34. The number of nitrogens with one attached hydrogen (secondary N) is 1. The molecule has 0 spiro atoms. The van der Waals surface area contributed by atoms with Crippen LogP contribution < -0.4 is 10.1 Å². The maximum atomic E-state index is 5.36. The molecule has 0 aliphatic carbocycles. The fraction of sp³-hybridized carbons (Fsp3) is 0.571. The van der Waals surface area contributed by atoms with E-state index in [1.54, 1.807) is 7.11 Å². The van der Waals surface area contributed by atoms with Gasteiger partial charge in [-0.05, 0) is 38.5 Å². The van der Waals surface area contributed by atoms with E-state index in [-0.39, 0.29) is 5.54 Å². The number of hydrogen-bond donors (Lipinski definition) is 1. The number of methoxy groups -OCH3 is 1. The summed E-state index contributed by atoms with van der Waals surface area (Å²) in [5, 5.41) is 3.58. The van der Waals surface area contributed by atoms with Crippen molar-refractivity contribution in [2.45, 2.75) is 45.7 Å². The minimum atomic E-state index is 0.169. The lowest BCUT2D eigenvalue weighted by atomic mass is 9.98. The molecule has 2 nitrogen and oxygen atoms in total. The second kappa shape index (κ2) is 6.41.